The summed E-state index contributed by atoms with van der Waals surface area (Å²) < 4.78 is 0. The highest BCUT2D eigenvalue weighted by atomic mass is 16.2. The minimum absolute atomic E-state index is 0.0529. The molecule has 3 saturated heterocycles. The molecule has 5 aliphatic rings. The third kappa shape index (κ3) is 5.86. The molecule has 0 aromatic carbocycles. The molecule has 0 spiro atoms. The van der Waals surface area contributed by atoms with Crippen LogP contribution >= 0.6 is 0 Å². The number of nitrogens with one attached hydrogen (secondary N) is 3. The molecule has 0 bridgehead atoms. The lowest BCUT2D eigenvalue weighted by molar-refractivity contribution is -0.138. The van der Waals surface area contributed by atoms with Crippen molar-refractivity contribution >= 4 is 11.9 Å². The number of hydrogen-bond donors (Lipinski definition) is 3. The number of carbonyl (C=O) groups excluding carboxylic acids is 2. The fourth-order valence-electron chi connectivity index (χ4n) is 7.58. The van der Waals surface area contributed by atoms with E-state index in [0.717, 1.165) is 25.6 Å². The lowest BCUT2D eigenvalue weighted by Gasteiger charge is -2.43. The zero-order valence-corrected chi connectivity index (χ0v) is 23.8. The van der Waals surface area contributed by atoms with Crippen LogP contribution in [0.15, 0.2) is 0 Å². The SMILES string of the molecule is CN1C(=O)C2C(NC3CCCCC3)N(CC3CCC(C4NCCN4C)CC3)NC2N(CC(C)(C)C)C1=O. The first-order valence-electron chi connectivity index (χ1n) is 14.9. The monoisotopic (exact) mass is 517 g/mol. The number of fused-ring (bicyclic) bond motifs is 1. The van der Waals surface area contributed by atoms with Gasteiger partial charge in [-0.15, -0.1) is 0 Å². The largest absolute Gasteiger partial charge is 0.327 e. The molecule has 3 N–H and O–H groups in total. The number of nitrogens with zero attached hydrogens (tertiary/aromatic N) is 4. The van der Waals surface area contributed by atoms with Gasteiger partial charge in [0, 0.05) is 39.3 Å². The Morgan fingerprint density at radius 3 is 2.27 bits per heavy atom. The van der Waals surface area contributed by atoms with Gasteiger partial charge < -0.3 is 10.2 Å². The van der Waals surface area contributed by atoms with Gasteiger partial charge in [-0.05, 0) is 62.8 Å². The molecule has 2 aliphatic carbocycles. The highest BCUT2D eigenvalue weighted by molar-refractivity contribution is 5.98. The normalized spacial score (nSPS) is 37.0. The molecule has 3 heterocycles. The summed E-state index contributed by atoms with van der Waals surface area (Å²) in [6.07, 6.45) is 11.3. The molecule has 5 rings (SSSR count). The van der Waals surface area contributed by atoms with Gasteiger partial charge in [0.05, 0.1) is 12.3 Å². The van der Waals surface area contributed by atoms with Crippen molar-refractivity contribution in [1.29, 1.82) is 0 Å². The second-order valence-corrected chi connectivity index (χ2v) is 13.7. The number of rotatable bonds is 6. The number of urea groups is 1. The molecule has 37 heavy (non-hydrogen) atoms. The molecule has 5 fully saturated rings. The van der Waals surface area contributed by atoms with Gasteiger partial charge in [-0.2, -0.15) is 0 Å². The van der Waals surface area contributed by atoms with Crippen molar-refractivity contribution in [2.45, 2.75) is 103 Å². The van der Waals surface area contributed by atoms with E-state index in [1.54, 1.807) is 7.05 Å². The van der Waals surface area contributed by atoms with E-state index in [9.17, 15) is 9.59 Å². The summed E-state index contributed by atoms with van der Waals surface area (Å²) in [5.41, 5.74) is 3.66. The van der Waals surface area contributed by atoms with Crippen LogP contribution in [0.1, 0.15) is 78.6 Å². The van der Waals surface area contributed by atoms with Crippen LogP contribution in [0, 0.1) is 23.2 Å². The van der Waals surface area contributed by atoms with E-state index in [4.69, 9.17) is 0 Å². The third-order valence-corrected chi connectivity index (χ3v) is 9.54. The molecule has 3 amide bonds. The van der Waals surface area contributed by atoms with Gasteiger partial charge in [-0.25, -0.2) is 15.2 Å². The summed E-state index contributed by atoms with van der Waals surface area (Å²) in [6.45, 7) is 10.3. The second-order valence-electron chi connectivity index (χ2n) is 13.7. The number of likely N-dealkylation sites (N-methyl/N-ethyl adjacent to an activating group) is 1. The molecule has 210 valence electrons. The predicted molar refractivity (Wildman–Crippen MR) is 145 cm³/mol. The highest BCUT2D eigenvalue weighted by Gasteiger charge is 2.56. The van der Waals surface area contributed by atoms with E-state index in [-0.39, 0.29) is 35.6 Å². The van der Waals surface area contributed by atoms with Crippen LogP contribution in [0.5, 0.6) is 0 Å². The van der Waals surface area contributed by atoms with Gasteiger partial charge in [-0.3, -0.25) is 19.9 Å². The van der Waals surface area contributed by atoms with E-state index in [1.807, 2.05) is 4.90 Å². The van der Waals surface area contributed by atoms with Gasteiger partial charge >= 0.3 is 6.03 Å². The van der Waals surface area contributed by atoms with Gasteiger partial charge in [0.2, 0.25) is 5.91 Å². The van der Waals surface area contributed by atoms with Gasteiger partial charge in [0.25, 0.3) is 0 Å². The third-order valence-electron chi connectivity index (χ3n) is 9.54. The first kappa shape index (κ1) is 27.3. The first-order valence-corrected chi connectivity index (χ1v) is 14.9. The maximum Gasteiger partial charge on any atom is 0.327 e. The smallest absolute Gasteiger partial charge is 0.306 e. The topological polar surface area (TPSA) is 83.2 Å². The van der Waals surface area contributed by atoms with Gasteiger partial charge in [-0.1, -0.05) is 40.0 Å². The number of hydrazine groups is 1. The minimum Gasteiger partial charge on any atom is -0.306 e. The standard InChI is InChI=1S/C28H51N7O2/c1-28(2,3)18-34-25-22(26(36)33(5)27(34)37)24(30-21-9-7-6-8-10-21)35(31-25)17-19-11-13-20(14-12-19)23-29-15-16-32(23)4/h19-25,29-31H,6-18H2,1-5H3. The number of carbonyl (C=O) groups is 2. The van der Waals surface area contributed by atoms with Crippen molar-refractivity contribution in [1.82, 2.24) is 35.8 Å². The Kier molecular flexibility index (Phi) is 8.18. The van der Waals surface area contributed by atoms with Crippen molar-refractivity contribution in [2.24, 2.45) is 23.2 Å². The summed E-state index contributed by atoms with van der Waals surface area (Å²) in [4.78, 5) is 32.6. The van der Waals surface area contributed by atoms with E-state index < -0.39 is 0 Å². The highest BCUT2D eigenvalue weighted by Crippen LogP contribution is 2.37. The van der Waals surface area contributed by atoms with Gasteiger partial charge in [0.15, 0.2) is 0 Å². The summed E-state index contributed by atoms with van der Waals surface area (Å²) in [5.74, 6) is 0.984. The summed E-state index contributed by atoms with van der Waals surface area (Å²) in [7, 11) is 3.90. The summed E-state index contributed by atoms with van der Waals surface area (Å²) >= 11 is 0. The summed E-state index contributed by atoms with van der Waals surface area (Å²) in [5, 5.41) is 9.96. The van der Waals surface area contributed by atoms with E-state index in [0.29, 0.717) is 24.7 Å². The maximum absolute atomic E-state index is 13.6. The molecule has 9 nitrogen and oxygen atoms in total. The zero-order valence-electron chi connectivity index (χ0n) is 23.8. The van der Waals surface area contributed by atoms with Gasteiger partial charge in [0.1, 0.15) is 12.1 Å². The number of hydrogen-bond acceptors (Lipinski definition) is 7. The molecule has 3 aliphatic heterocycles. The molecule has 9 heteroatoms. The van der Waals surface area contributed by atoms with E-state index in [1.165, 1.54) is 62.7 Å². The van der Waals surface area contributed by atoms with E-state index >= 15 is 0 Å². The number of amides is 3. The molecule has 0 radical (unpaired) electrons. The van der Waals surface area contributed by atoms with Crippen molar-refractivity contribution in [2.75, 3.05) is 40.3 Å². The van der Waals surface area contributed by atoms with Crippen LogP contribution in [-0.4, -0.2) is 96.5 Å². The fraction of sp³-hybridized carbons (Fsp3) is 0.929. The Labute approximate surface area is 224 Å². The van der Waals surface area contributed by atoms with Crippen molar-refractivity contribution < 1.29 is 9.59 Å². The second kappa shape index (κ2) is 11.1. The van der Waals surface area contributed by atoms with Crippen LogP contribution < -0.4 is 16.1 Å². The van der Waals surface area contributed by atoms with Crippen molar-refractivity contribution in [3.05, 3.63) is 0 Å². The van der Waals surface area contributed by atoms with Crippen molar-refractivity contribution in [3.63, 3.8) is 0 Å². The average molecular weight is 518 g/mol. The molecule has 4 atom stereocenters. The molecule has 0 aromatic rings. The molecule has 0 aromatic heterocycles. The van der Waals surface area contributed by atoms with Crippen LogP contribution in [0.2, 0.25) is 0 Å². The zero-order chi connectivity index (χ0) is 26.3. The Bertz CT molecular complexity index is 818. The fourth-order valence-corrected chi connectivity index (χ4v) is 7.58. The minimum atomic E-state index is -0.292. The molecular formula is C28H51N7O2. The Balaban J connectivity index is 1.32. The molecule has 4 unspecified atom stereocenters. The molecule has 2 saturated carbocycles. The Morgan fingerprint density at radius 1 is 0.946 bits per heavy atom. The lowest BCUT2D eigenvalue weighted by Crippen LogP contribution is -2.65. The molecular weight excluding hydrogens is 466 g/mol. The van der Waals surface area contributed by atoms with Crippen molar-refractivity contribution in [3.8, 4) is 0 Å². The lowest BCUT2D eigenvalue weighted by atomic mass is 9.80. The van der Waals surface area contributed by atoms with Crippen LogP contribution in [0.25, 0.3) is 0 Å². The predicted octanol–water partition coefficient (Wildman–Crippen LogP) is 2.60. The van der Waals surface area contributed by atoms with Crippen LogP contribution in [0.4, 0.5) is 4.79 Å². The first-order chi connectivity index (χ1) is 17.6. The average Bonchev–Trinajstić information content (AvgIpc) is 3.45. The maximum atomic E-state index is 13.6. The van der Waals surface area contributed by atoms with Crippen LogP contribution in [-0.2, 0) is 4.79 Å². The number of imide groups is 1. The Hall–Kier alpha value is -1.26. The quantitative estimate of drug-likeness (QED) is 0.500. The Morgan fingerprint density at radius 2 is 1.65 bits per heavy atom. The summed E-state index contributed by atoms with van der Waals surface area (Å²) in [6, 6.07) is 0.258. The van der Waals surface area contributed by atoms with Crippen LogP contribution in [0.3, 0.4) is 0 Å². The van der Waals surface area contributed by atoms with E-state index in [2.05, 4.69) is 53.8 Å².